The van der Waals surface area contributed by atoms with Gasteiger partial charge in [0.05, 0.1) is 11.6 Å². The molecule has 0 atom stereocenters. The first-order valence-corrected chi connectivity index (χ1v) is 5.80. The molecule has 0 spiro atoms. The normalized spacial score (nSPS) is 11.6. The van der Waals surface area contributed by atoms with Crippen LogP contribution in [0.25, 0.3) is 0 Å². The fourth-order valence-electron chi connectivity index (χ4n) is 1.26. The van der Waals surface area contributed by atoms with Crippen LogP contribution in [0, 0.1) is 0 Å². The standard InChI is InChI=1S/C12H15ClF2O2/c1-2-3-6-17-11-7-9(4-5-10(11)13)12(14,15)8-16/h4-5,7,16H,2-3,6,8H2,1H3. The third-order valence-electron chi connectivity index (χ3n) is 2.31. The molecule has 0 aromatic heterocycles. The molecule has 0 bridgehead atoms. The fraction of sp³-hybridized carbons (Fsp3) is 0.500. The monoisotopic (exact) mass is 264 g/mol. The fourth-order valence-corrected chi connectivity index (χ4v) is 1.43. The number of hydrogen-bond donors (Lipinski definition) is 1. The second kappa shape index (κ2) is 6.17. The number of rotatable bonds is 6. The lowest BCUT2D eigenvalue weighted by Gasteiger charge is -2.15. The molecule has 5 heteroatoms. The van der Waals surface area contributed by atoms with Crippen LogP contribution in [-0.2, 0) is 5.92 Å². The van der Waals surface area contributed by atoms with Crippen LogP contribution in [0.4, 0.5) is 8.78 Å². The Labute approximate surface area is 104 Å². The van der Waals surface area contributed by atoms with E-state index >= 15 is 0 Å². The molecule has 0 aliphatic carbocycles. The smallest absolute Gasteiger partial charge is 0.295 e. The maximum absolute atomic E-state index is 13.2. The zero-order valence-electron chi connectivity index (χ0n) is 9.55. The predicted octanol–water partition coefficient (Wildman–Crippen LogP) is 3.60. The van der Waals surface area contributed by atoms with Crippen LogP contribution in [-0.4, -0.2) is 18.3 Å². The lowest BCUT2D eigenvalue weighted by atomic mass is 10.1. The Morgan fingerprint density at radius 3 is 2.71 bits per heavy atom. The molecule has 17 heavy (non-hydrogen) atoms. The molecule has 0 unspecified atom stereocenters. The maximum atomic E-state index is 13.2. The molecule has 0 amide bonds. The minimum Gasteiger partial charge on any atom is -0.492 e. The minimum absolute atomic E-state index is 0.228. The average molecular weight is 265 g/mol. The molecule has 1 rings (SSSR count). The minimum atomic E-state index is -3.27. The van der Waals surface area contributed by atoms with Gasteiger partial charge < -0.3 is 9.84 Å². The van der Waals surface area contributed by atoms with Gasteiger partial charge in [0.1, 0.15) is 12.4 Å². The number of aliphatic hydroxyl groups excluding tert-OH is 1. The zero-order chi connectivity index (χ0) is 12.9. The van der Waals surface area contributed by atoms with E-state index in [9.17, 15) is 8.78 Å². The van der Waals surface area contributed by atoms with E-state index in [0.717, 1.165) is 12.8 Å². The Morgan fingerprint density at radius 1 is 1.41 bits per heavy atom. The van der Waals surface area contributed by atoms with E-state index in [1.165, 1.54) is 18.2 Å². The Balaban J connectivity index is 2.86. The largest absolute Gasteiger partial charge is 0.492 e. The number of unbranched alkanes of at least 4 members (excludes halogenated alkanes) is 1. The molecule has 1 aromatic carbocycles. The summed E-state index contributed by atoms with van der Waals surface area (Å²) in [4.78, 5) is 0. The average Bonchev–Trinajstić information content (AvgIpc) is 2.31. The van der Waals surface area contributed by atoms with Crippen LogP contribution in [0.5, 0.6) is 5.75 Å². The van der Waals surface area contributed by atoms with Crippen LogP contribution in [0.3, 0.4) is 0 Å². The van der Waals surface area contributed by atoms with Gasteiger partial charge in [0.25, 0.3) is 5.92 Å². The second-order valence-electron chi connectivity index (χ2n) is 3.71. The van der Waals surface area contributed by atoms with Crippen molar-refractivity contribution in [2.75, 3.05) is 13.2 Å². The van der Waals surface area contributed by atoms with Crippen molar-refractivity contribution in [3.63, 3.8) is 0 Å². The first-order valence-electron chi connectivity index (χ1n) is 5.42. The van der Waals surface area contributed by atoms with Gasteiger partial charge in [-0.2, -0.15) is 8.78 Å². The second-order valence-corrected chi connectivity index (χ2v) is 4.12. The van der Waals surface area contributed by atoms with Crippen molar-refractivity contribution in [3.8, 4) is 5.75 Å². The molecule has 1 aromatic rings. The van der Waals surface area contributed by atoms with Gasteiger partial charge in [0, 0.05) is 5.56 Å². The van der Waals surface area contributed by atoms with Gasteiger partial charge in [0.2, 0.25) is 0 Å². The molecule has 0 aliphatic heterocycles. The quantitative estimate of drug-likeness (QED) is 0.796. The van der Waals surface area contributed by atoms with Crippen molar-refractivity contribution in [2.24, 2.45) is 0 Å². The van der Waals surface area contributed by atoms with E-state index in [1.807, 2.05) is 6.92 Å². The summed E-state index contributed by atoms with van der Waals surface area (Å²) < 4.78 is 31.8. The maximum Gasteiger partial charge on any atom is 0.295 e. The third kappa shape index (κ3) is 3.82. The Morgan fingerprint density at radius 2 is 2.12 bits per heavy atom. The van der Waals surface area contributed by atoms with Crippen LogP contribution in [0.15, 0.2) is 18.2 Å². The summed E-state index contributed by atoms with van der Waals surface area (Å²) in [5.41, 5.74) is -0.295. The van der Waals surface area contributed by atoms with Gasteiger partial charge >= 0.3 is 0 Å². The number of hydrogen-bond acceptors (Lipinski definition) is 2. The highest BCUT2D eigenvalue weighted by Gasteiger charge is 2.31. The highest BCUT2D eigenvalue weighted by molar-refractivity contribution is 6.32. The first-order chi connectivity index (χ1) is 8.01. The molecule has 0 saturated carbocycles. The van der Waals surface area contributed by atoms with E-state index < -0.39 is 12.5 Å². The molecule has 0 heterocycles. The van der Waals surface area contributed by atoms with Crippen molar-refractivity contribution < 1.29 is 18.6 Å². The summed E-state index contributed by atoms with van der Waals surface area (Å²) in [5, 5.41) is 8.89. The summed E-state index contributed by atoms with van der Waals surface area (Å²) in [6.45, 7) is 1.20. The van der Waals surface area contributed by atoms with Crippen molar-refractivity contribution in [1.82, 2.24) is 0 Å². The summed E-state index contributed by atoms with van der Waals surface area (Å²) in [6, 6.07) is 3.71. The van der Waals surface area contributed by atoms with Gasteiger partial charge in [-0.05, 0) is 18.6 Å². The molecule has 0 fully saturated rings. The van der Waals surface area contributed by atoms with Gasteiger partial charge in [-0.3, -0.25) is 0 Å². The molecule has 1 N–H and O–H groups in total. The van der Waals surface area contributed by atoms with Crippen molar-refractivity contribution in [2.45, 2.75) is 25.7 Å². The Bertz CT molecular complexity index is 370. The van der Waals surface area contributed by atoms with E-state index in [-0.39, 0.29) is 11.3 Å². The van der Waals surface area contributed by atoms with E-state index in [0.29, 0.717) is 11.6 Å². The number of ether oxygens (including phenoxy) is 1. The molecular weight excluding hydrogens is 250 g/mol. The van der Waals surface area contributed by atoms with Gasteiger partial charge in [-0.15, -0.1) is 0 Å². The van der Waals surface area contributed by atoms with Crippen molar-refractivity contribution in [3.05, 3.63) is 28.8 Å². The van der Waals surface area contributed by atoms with Gasteiger partial charge in [-0.25, -0.2) is 0 Å². The molecule has 96 valence electrons. The molecule has 0 saturated heterocycles. The highest BCUT2D eigenvalue weighted by Crippen LogP contribution is 2.33. The Kier molecular flexibility index (Phi) is 5.15. The molecule has 0 aliphatic rings. The lowest BCUT2D eigenvalue weighted by molar-refractivity contribution is -0.0557. The number of benzene rings is 1. The van der Waals surface area contributed by atoms with E-state index in [2.05, 4.69) is 0 Å². The molecular formula is C12H15ClF2O2. The van der Waals surface area contributed by atoms with Gasteiger partial charge in [-0.1, -0.05) is 31.0 Å². The third-order valence-corrected chi connectivity index (χ3v) is 2.62. The first kappa shape index (κ1) is 14.2. The number of alkyl halides is 2. The van der Waals surface area contributed by atoms with Gasteiger partial charge in [0.15, 0.2) is 0 Å². The summed E-state index contributed by atoms with van der Waals surface area (Å²) in [7, 11) is 0. The van der Waals surface area contributed by atoms with Crippen LogP contribution < -0.4 is 4.74 Å². The summed E-state index contributed by atoms with van der Waals surface area (Å²) in [5.74, 6) is -3.04. The van der Waals surface area contributed by atoms with Crippen LogP contribution in [0.2, 0.25) is 5.02 Å². The number of aliphatic hydroxyl groups is 1. The molecule has 2 nitrogen and oxygen atoms in total. The SMILES string of the molecule is CCCCOc1cc(C(F)(F)CO)ccc1Cl. The van der Waals surface area contributed by atoms with Crippen molar-refractivity contribution in [1.29, 1.82) is 0 Å². The van der Waals surface area contributed by atoms with E-state index in [1.54, 1.807) is 0 Å². The Hall–Kier alpha value is -0.870. The lowest BCUT2D eigenvalue weighted by Crippen LogP contribution is -2.18. The topological polar surface area (TPSA) is 29.5 Å². The van der Waals surface area contributed by atoms with Crippen LogP contribution >= 0.6 is 11.6 Å². The summed E-state index contributed by atoms with van der Waals surface area (Å²) >= 11 is 5.84. The van der Waals surface area contributed by atoms with Crippen molar-refractivity contribution >= 4 is 11.6 Å². The zero-order valence-corrected chi connectivity index (χ0v) is 10.3. The highest BCUT2D eigenvalue weighted by atomic mass is 35.5. The predicted molar refractivity (Wildman–Crippen MR) is 62.8 cm³/mol. The van der Waals surface area contributed by atoms with Crippen LogP contribution in [0.1, 0.15) is 25.3 Å². The summed E-state index contributed by atoms with van der Waals surface area (Å²) in [6.07, 6.45) is 1.78. The molecule has 0 radical (unpaired) electrons. The number of halogens is 3. The van der Waals surface area contributed by atoms with E-state index in [4.69, 9.17) is 21.4 Å².